The number of aromatic nitrogens is 3. The van der Waals surface area contributed by atoms with Gasteiger partial charge in [0.05, 0.1) is 18.1 Å². The van der Waals surface area contributed by atoms with Gasteiger partial charge in [0.1, 0.15) is 4.60 Å². The molecule has 0 atom stereocenters. The number of nitrogens with one attached hydrogen (secondary N) is 1. The van der Waals surface area contributed by atoms with Crippen LogP contribution in [0, 0.1) is 0 Å². The topological polar surface area (TPSA) is 42.2 Å². The number of alkyl halides is 3. The van der Waals surface area contributed by atoms with Crippen molar-refractivity contribution >= 4 is 33.3 Å². The predicted octanol–water partition coefficient (Wildman–Crippen LogP) is 2.83. The van der Waals surface area contributed by atoms with Crippen molar-refractivity contribution < 1.29 is 13.2 Å². The molecule has 1 N–H and O–H groups in total. The highest BCUT2D eigenvalue weighted by Gasteiger charge is 2.27. The minimum Gasteiger partial charge on any atom is -0.310 e. The molecular formula is C10H10BrF3N4S. The van der Waals surface area contributed by atoms with E-state index in [0.29, 0.717) is 16.8 Å². The highest BCUT2D eigenvalue weighted by Crippen LogP contribution is 2.29. The van der Waals surface area contributed by atoms with Gasteiger partial charge in [0, 0.05) is 25.0 Å². The van der Waals surface area contributed by atoms with E-state index in [0.717, 1.165) is 5.69 Å². The predicted molar refractivity (Wildman–Crippen MR) is 70.9 cm³/mol. The molecule has 0 aromatic carbocycles. The second kappa shape index (κ2) is 6.10. The number of imidazole rings is 1. The van der Waals surface area contributed by atoms with E-state index < -0.39 is 5.51 Å². The summed E-state index contributed by atoms with van der Waals surface area (Å²) in [6, 6.07) is 0. The monoisotopic (exact) mass is 354 g/mol. The summed E-state index contributed by atoms with van der Waals surface area (Å²) in [4.78, 5) is 8.19. The van der Waals surface area contributed by atoms with E-state index in [9.17, 15) is 13.2 Å². The van der Waals surface area contributed by atoms with Crippen molar-refractivity contribution in [2.75, 3.05) is 12.3 Å². The maximum atomic E-state index is 11.9. The fraction of sp³-hybridized carbons (Fsp3) is 0.400. The fourth-order valence-electron chi connectivity index (χ4n) is 1.50. The highest BCUT2D eigenvalue weighted by atomic mass is 79.9. The molecule has 0 unspecified atom stereocenters. The first kappa shape index (κ1) is 14.6. The molecule has 2 aromatic rings. The van der Waals surface area contributed by atoms with Gasteiger partial charge in [-0.1, -0.05) is 0 Å². The zero-order valence-corrected chi connectivity index (χ0v) is 12.0. The summed E-state index contributed by atoms with van der Waals surface area (Å²) in [6.45, 7) is 0.736. The molecule has 0 saturated carbocycles. The maximum Gasteiger partial charge on any atom is 0.441 e. The number of fused-ring (bicyclic) bond motifs is 1. The average Bonchev–Trinajstić information content (AvgIpc) is 2.70. The van der Waals surface area contributed by atoms with Crippen molar-refractivity contribution in [1.82, 2.24) is 19.7 Å². The first-order valence-electron chi connectivity index (χ1n) is 5.34. The zero-order valence-electron chi connectivity index (χ0n) is 9.62. The summed E-state index contributed by atoms with van der Waals surface area (Å²) in [7, 11) is 0. The third kappa shape index (κ3) is 4.36. The first-order chi connectivity index (χ1) is 8.96. The van der Waals surface area contributed by atoms with Crippen molar-refractivity contribution in [2.24, 2.45) is 0 Å². The lowest BCUT2D eigenvalue weighted by Crippen LogP contribution is -2.19. The molecule has 0 radical (unpaired) electrons. The number of nitrogens with zero attached hydrogens (tertiary/aromatic N) is 3. The Morgan fingerprint density at radius 1 is 1.32 bits per heavy atom. The van der Waals surface area contributed by atoms with Gasteiger partial charge in [0.2, 0.25) is 0 Å². The summed E-state index contributed by atoms with van der Waals surface area (Å²) in [5, 5.41) is 2.95. The van der Waals surface area contributed by atoms with Gasteiger partial charge >= 0.3 is 5.51 Å². The zero-order chi connectivity index (χ0) is 13.9. The molecule has 0 aliphatic heterocycles. The first-order valence-corrected chi connectivity index (χ1v) is 7.12. The fourth-order valence-corrected chi connectivity index (χ4v) is 2.29. The van der Waals surface area contributed by atoms with Crippen LogP contribution in [0.5, 0.6) is 0 Å². The Morgan fingerprint density at radius 3 is 2.84 bits per heavy atom. The molecule has 19 heavy (non-hydrogen) atoms. The molecule has 0 aliphatic carbocycles. The lowest BCUT2D eigenvalue weighted by Gasteiger charge is -2.07. The molecule has 4 nitrogen and oxygen atoms in total. The smallest absolute Gasteiger partial charge is 0.310 e. The van der Waals surface area contributed by atoms with Crippen LogP contribution in [0.15, 0.2) is 23.2 Å². The third-order valence-electron chi connectivity index (χ3n) is 2.29. The molecule has 0 fully saturated rings. The Labute approximate surface area is 119 Å². The molecule has 0 saturated heterocycles. The molecule has 2 heterocycles. The van der Waals surface area contributed by atoms with E-state index in [-0.39, 0.29) is 24.1 Å². The van der Waals surface area contributed by atoms with Crippen LogP contribution >= 0.6 is 27.7 Å². The molecule has 0 spiro atoms. The third-order valence-corrected chi connectivity index (χ3v) is 3.44. The quantitative estimate of drug-likeness (QED) is 0.838. The van der Waals surface area contributed by atoms with Crippen molar-refractivity contribution in [3.05, 3.63) is 28.9 Å². The van der Waals surface area contributed by atoms with Gasteiger partial charge < -0.3 is 5.32 Å². The van der Waals surface area contributed by atoms with Crippen LogP contribution in [-0.2, 0) is 6.54 Å². The van der Waals surface area contributed by atoms with Gasteiger partial charge in [-0.25, -0.2) is 9.97 Å². The minimum atomic E-state index is -4.17. The van der Waals surface area contributed by atoms with E-state index >= 15 is 0 Å². The van der Waals surface area contributed by atoms with Crippen molar-refractivity contribution in [3.63, 3.8) is 0 Å². The number of halogens is 4. The summed E-state index contributed by atoms with van der Waals surface area (Å²) < 4.78 is 38.3. The second-order valence-electron chi connectivity index (χ2n) is 3.66. The van der Waals surface area contributed by atoms with Crippen molar-refractivity contribution in [2.45, 2.75) is 12.1 Å². The van der Waals surface area contributed by atoms with Gasteiger partial charge in [-0.3, -0.25) is 4.40 Å². The van der Waals surface area contributed by atoms with E-state index in [4.69, 9.17) is 0 Å². The van der Waals surface area contributed by atoms with Crippen LogP contribution in [-0.4, -0.2) is 32.2 Å². The lowest BCUT2D eigenvalue weighted by molar-refractivity contribution is -0.0327. The Morgan fingerprint density at radius 2 is 2.11 bits per heavy atom. The number of hydrogen-bond acceptors (Lipinski definition) is 4. The number of hydrogen-bond donors (Lipinski definition) is 1. The van der Waals surface area contributed by atoms with Crippen LogP contribution in [0.25, 0.3) is 5.65 Å². The number of rotatable bonds is 5. The van der Waals surface area contributed by atoms with Gasteiger partial charge in [-0.2, -0.15) is 13.2 Å². The molecule has 2 rings (SSSR count). The van der Waals surface area contributed by atoms with Gasteiger partial charge in [-0.05, 0) is 27.7 Å². The lowest BCUT2D eigenvalue weighted by atomic mass is 10.4. The second-order valence-corrected chi connectivity index (χ2v) is 5.63. The van der Waals surface area contributed by atoms with E-state index in [2.05, 4.69) is 31.2 Å². The van der Waals surface area contributed by atoms with Crippen LogP contribution in [0.1, 0.15) is 5.69 Å². The molecule has 9 heteroatoms. The normalized spacial score (nSPS) is 12.2. The molecule has 2 aromatic heterocycles. The van der Waals surface area contributed by atoms with Crippen LogP contribution in [0.3, 0.4) is 0 Å². The van der Waals surface area contributed by atoms with Crippen molar-refractivity contribution in [1.29, 1.82) is 0 Å². The van der Waals surface area contributed by atoms with E-state index in [1.807, 2.05) is 4.40 Å². The largest absolute Gasteiger partial charge is 0.441 e. The number of thioether (sulfide) groups is 1. The highest BCUT2D eigenvalue weighted by molar-refractivity contribution is 9.10. The molecule has 0 bridgehead atoms. The maximum absolute atomic E-state index is 11.9. The van der Waals surface area contributed by atoms with E-state index in [1.165, 1.54) is 0 Å². The van der Waals surface area contributed by atoms with Gasteiger partial charge in [-0.15, -0.1) is 0 Å². The summed E-state index contributed by atoms with van der Waals surface area (Å²) >= 11 is 3.23. The molecule has 0 aliphatic rings. The SMILES string of the molecule is FC(F)(F)SCCNCc1cnc2cnc(Br)cn12. The minimum absolute atomic E-state index is 0.00845. The summed E-state index contributed by atoms with van der Waals surface area (Å²) in [5.74, 6) is -0.00845. The van der Waals surface area contributed by atoms with Gasteiger partial charge in [0.25, 0.3) is 0 Å². The Hall–Kier alpha value is -0.800. The summed E-state index contributed by atoms with van der Waals surface area (Å²) in [6.07, 6.45) is 5.06. The van der Waals surface area contributed by atoms with Crippen molar-refractivity contribution in [3.8, 4) is 0 Å². The van der Waals surface area contributed by atoms with Crippen LogP contribution in [0.4, 0.5) is 13.2 Å². The van der Waals surface area contributed by atoms with E-state index in [1.54, 1.807) is 18.6 Å². The average molecular weight is 355 g/mol. The Kier molecular flexibility index (Phi) is 4.69. The standard InChI is InChI=1S/C10H10BrF3N4S/c11-8-6-18-7(4-17-9(18)5-16-8)3-15-1-2-19-10(12,13)14/h4-6,15H,1-3H2. The van der Waals surface area contributed by atoms with Crippen LogP contribution < -0.4 is 5.32 Å². The molecule has 0 amide bonds. The Bertz CT molecular complexity index is 557. The Balaban J connectivity index is 1.86. The molecular weight excluding hydrogens is 345 g/mol. The van der Waals surface area contributed by atoms with Crippen LogP contribution in [0.2, 0.25) is 0 Å². The summed E-state index contributed by atoms with van der Waals surface area (Å²) in [5.41, 5.74) is -2.60. The molecule has 104 valence electrons. The van der Waals surface area contributed by atoms with Gasteiger partial charge in [0.15, 0.2) is 5.65 Å².